The molecule has 0 heterocycles. The van der Waals surface area contributed by atoms with Crippen LogP contribution in [0.15, 0.2) is 71.9 Å². The first-order valence-electron chi connectivity index (χ1n) is 6.62. The SMILES string of the molecule is Cc1ccc(C(C2=CC=CC2)C2=CC=CC2)cc1. The van der Waals surface area contributed by atoms with Crippen molar-refractivity contribution in [3.05, 3.63) is 83.0 Å². The van der Waals surface area contributed by atoms with Crippen molar-refractivity contribution < 1.29 is 0 Å². The summed E-state index contributed by atoms with van der Waals surface area (Å²) in [5.41, 5.74) is 5.79. The van der Waals surface area contributed by atoms with Gasteiger partial charge in [-0.3, -0.25) is 0 Å². The van der Waals surface area contributed by atoms with Gasteiger partial charge in [-0.05, 0) is 25.3 Å². The molecule has 1 aromatic carbocycles. The summed E-state index contributed by atoms with van der Waals surface area (Å²) >= 11 is 0. The van der Waals surface area contributed by atoms with Crippen molar-refractivity contribution in [2.45, 2.75) is 25.7 Å². The zero-order valence-electron chi connectivity index (χ0n) is 10.8. The van der Waals surface area contributed by atoms with E-state index in [1.54, 1.807) is 0 Å². The molecule has 2 aliphatic carbocycles. The van der Waals surface area contributed by atoms with Crippen LogP contribution in [0.25, 0.3) is 0 Å². The van der Waals surface area contributed by atoms with Gasteiger partial charge >= 0.3 is 0 Å². The van der Waals surface area contributed by atoms with Crippen LogP contribution in [-0.4, -0.2) is 0 Å². The van der Waals surface area contributed by atoms with Crippen molar-refractivity contribution in [3.63, 3.8) is 0 Å². The third-order valence-corrected chi connectivity index (χ3v) is 3.75. The molecule has 0 saturated carbocycles. The number of hydrogen-bond acceptors (Lipinski definition) is 0. The van der Waals surface area contributed by atoms with E-state index in [4.69, 9.17) is 0 Å². The third kappa shape index (κ3) is 2.11. The fourth-order valence-corrected chi connectivity index (χ4v) is 2.78. The molecule has 2 aliphatic rings. The molecule has 1 aromatic rings. The Balaban J connectivity index is 1.97. The molecule has 0 unspecified atom stereocenters. The molecular weight excluding hydrogens is 216 g/mol. The van der Waals surface area contributed by atoms with E-state index < -0.39 is 0 Å². The summed E-state index contributed by atoms with van der Waals surface area (Å²) in [6.07, 6.45) is 15.6. The Labute approximate surface area is 109 Å². The lowest BCUT2D eigenvalue weighted by Gasteiger charge is -2.21. The van der Waals surface area contributed by atoms with Gasteiger partial charge in [-0.15, -0.1) is 0 Å². The first-order chi connectivity index (χ1) is 8.84. The molecular formula is C18H18. The van der Waals surface area contributed by atoms with Gasteiger partial charge in [-0.25, -0.2) is 0 Å². The number of hydrogen-bond donors (Lipinski definition) is 0. The van der Waals surface area contributed by atoms with E-state index in [1.807, 2.05) is 0 Å². The van der Waals surface area contributed by atoms with Gasteiger partial charge in [-0.1, -0.05) is 77.4 Å². The summed E-state index contributed by atoms with van der Waals surface area (Å²) in [5.74, 6) is 0.468. The molecule has 0 nitrogen and oxygen atoms in total. The van der Waals surface area contributed by atoms with Gasteiger partial charge in [0.15, 0.2) is 0 Å². The molecule has 18 heavy (non-hydrogen) atoms. The smallest absolute Gasteiger partial charge is 0.0270 e. The Hall–Kier alpha value is -1.82. The third-order valence-electron chi connectivity index (χ3n) is 3.75. The van der Waals surface area contributed by atoms with Gasteiger partial charge in [-0.2, -0.15) is 0 Å². The Kier molecular flexibility index (Phi) is 3.02. The lowest BCUT2D eigenvalue weighted by atomic mass is 9.83. The Morgan fingerprint density at radius 3 is 1.83 bits per heavy atom. The van der Waals surface area contributed by atoms with Crippen LogP contribution >= 0.6 is 0 Å². The predicted molar refractivity (Wildman–Crippen MR) is 77.6 cm³/mol. The zero-order chi connectivity index (χ0) is 12.4. The first kappa shape index (κ1) is 11.3. The number of allylic oxidation sites excluding steroid dienone is 8. The highest BCUT2D eigenvalue weighted by atomic mass is 14.3. The summed E-state index contributed by atoms with van der Waals surface area (Å²) < 4.78 is 0. The number of aryl methyl sites for hydroxylation is 1. The fraction of sp³-hybridized carbons (Fsp3) is 0.222. The van der Waals surface area contributed by atoms with E-state index in [-0.39, 0.29) is 0 Å². The monoisotopic (exact) mass is 234 g/mol. The normalized spacial score (nSPS) is 17.4. The van der Waals surface area contributed by atoms with E-state index in [9.17, 15) is 0 Å². The Morgan fingerprint density at radius 1 is 0.833 bits per heavy atom. The summed E-state index contributed by atoms with van der Waals surface area (Å²) in [4.78, 5) is 0. The van der Waals surface area contributed by atoms with Gasteiger partial charge in [0, 0.05) is 5.92 Å². The fourth-order valence-electron chi connectivity index (χ4n) is 2.78. The van der Waals surface area contributed by atoms with Crippen LogP contribution in [0.2, 0.25) is 0 Å². The van der Waals surface area contributed by atoms with Crippen LogP contribution < -0.4 is 0 Å². The molecule has 3 rings (SSSR count). The Morgan fingerprint density at radius 2 is 1.39 bits per heavy atom. The Bertz CT molecular complexity index is 520. The molecule has 0 saturated heterocycles. The minimum atomic E-state index is 0.468. The summed E-state index contributed by atoms with van der Waals surface area (Å²) in [5, 5.41) is 0. The van der Waals surface area contributed by atoms with Crippen LogP contribution in [0, 0.1) is 6.92 Å². The van der Waals surface area contributed by atoms with Crippen molar-refractivity contribution in [2.75, 3.05) is 0 Å². The number of benzene rings is 1. The highest BCUT2D eigenvalue weighted by Crippen LogP contribution is 2.38. The summed E-state index contributed by atoms with van der Waals surface area (Å²) in [7, 11) is 0. The van der Waals surface area contributed by atoms with Crippen molar-refractivity contribution in [3.8, 4) is 0 Å². The van der Waals surface area contributed by atoms with E-state index in [1.165, 1.54) is 22.3 Å². The molecule has 0 N–H and O–H groups in total. The van der Waals surface area contributed by atoms with Gasteiger partial charge in [0.25, 0.3) is 0 Å². The van der Waals surface area contributed by atoms with Gasteiger partial charge < -0.3 is 0 Å². The average molecular weight is 234 g/mol. The van der Waals surface area contributed by atoms with E-state index in [0.717, 1.165) is 12.8 Å². The maximum absolute atomic E-state index is 2.28. The second kappa shape index (κ2) is 4.81. The second-order valence-corrected chi connectivity index (χ2v) is 5.09. The van der Waals surface area contributed by atoms with Crippen molar-refractivity contribution >= 4 is 0 Å². The molecule has 0 radical (unpaired) electrons. The largest absolute Gasteiger partial charge is 0.0804 e. The quantitative estimate of drug-likeness (QED) is 0.701. The summed E-state index contributed by atoms with van der Waals surface area (Å²) in [6.45, 7) is 2.14. The van der Waals surface area contributed by atoms with Gasteiger partial charge in [0.1, 0.15) is 0 Å². The highest BCUT2D eigenvalue weighted by molar-refractivity contribution is 5.46. The summed E-state index contributed by atoms with van der Waals surface area (Å²) in [6, 6.07) is 8.99. The average Bonchev–Trinajstić information content (AvgIpc) is 3.06. The topological polar surface area (TPSA) is 0 Å². The van der Waals surface area contributed by atoms with Crippen molar-refractivity contribution in [1.29, 1.82) is 0 Å². The highest BCUT2D eigenvalue weighted by Gasteiger charge is 2.21. The van der Waals surface area contributed by atoms with E-state index >= 15 is 0 Å². The minimum Gasteiger partial charge on any atom is -0.0804 e. The van der Waals surface area contributed by atoms with Gasteiger partial charge in [0.2, 0.25) is 0 Å². The van der Waals surface area contributed by atoms with Crippen molar-refractivity contribution in [1.82, 2.24) is 0 Å². The first-order valence-corrected chi connectivity index (χ1v) is 6.62. The minimum absolute atomic E-state index is 0.468. The van der Waals surface area contributed by atoms with Gasteiger partial charge in [0.05, 0.1) is 0 Å². The molecule has 0 aromatic heterocycles. The molecule has 0 aliphatic heterocycles. The van der Waals surface area contributed by atoms with Crippen LogP contribution in [0.1, 0.15) is 29.9 Å². The standard InChI is InChI=1S/C18H18/c1-14-10-12-17(13-11-14)18(15-6-2-3-7-15)16-8-4-5-9-16/h2-6,8,10-13,18H,7,9H2,1H3. The molecule has 0 bridgehead atoms. The lowest BCUT2D eigenvalue weighted by molar-refractivity contribution is 0.873. The predicted octanol–water partition coefficient (Wildman–Crippen LogP) is 4.85. The molecule has 90 valence electrons. The van der Waals surface area contributed by atoms with Crippen LogP contribution in [0.4, 0.5) is 0 Å². The van der Waals surface area contributed by atoms with Crippen LogP contribution in [0.5, 0.6) is 0 Å². The lowest BCUT2D eigenvalue weighted by Crippen LogP contribution is -2.04. The molecule has 0 amide bonds. The maximum atomic E-state index is 2.28. The molecule has 0 heteroatoms. The van der Waals surface area contributed by atoms with Crippen LogP contribution in [-0.2, 0) is 0 Å². The maximum Gasteiger partial charge on any atom is 0.0270 e. The van der Waals surface area contributed by atoms with E-state index in [2.05, 4.69) is 67.6 Å². The second-order valence-electron chi connectivity index (χ2n) is 5.09. The molecule has 0 spiro atoms. The molecule has 0 atom stereocenters. The zero-order valence-corrected chi connectivity index (χ0v) is 10.8. The van der Waals surface area contributed by atoms with Crippen LogP contribution in [0.3, 0.4) is 0 Å². The molecule has 0 fully saturated rings. The van der Waals surface area contributed by atoms with Crippen molar-refractivity contribution in [2.24, 2.45) is 0 Å². The number of rotatable bonds is 3. The van der Waals surface area contributed by atoms with E-state index in [0.29, 0.717) is 5.92 Å².